The fourth-order valence-corrected chi connectivity index (χ4v) is 1.24. The average Bonchev–Trinajstić information content (AvgIpc) is 2.41. The van der Waals surface area contributed by atoms with Crippen LogP contribution < -0.4 is 4.57 Å². The molecule has 1 nitrogen and oxygen atoms in total. The van der Waals surface area contributed by atoms with Crippen molar-refractivity contribution >= 4 is 12.2 Å². The summed E-state index contributed by atoms with van der Waals surface area (Å²) >= 11 is 0. The van der Waals surface area contributed by atoms with E-state index in [-0.39, 0.29) is 0 Å². The largest absolute Gasteiger partial charge is 0.208 e. The van der Waals surface area contributed by atoms with E-state index in [1.54, 1.807) is 0 Å². The Balaban J connectivity index is 0.000000171. The minimum atomic E-state index is 1.16. The fraction of sp³-hybridized carbons (Fsp3) is 0.0625. The molecule has 86 valence electrons. The minimum Gasteiger partial charge on any atom is -0.208 e. The molecule has 2 rings (SSSR count). The van der Waals surface area contributed by atoms with E-state index in [4.69, 9.17) is 0 Å². The molecule has 0 atom stereocenters. The molecule has 1 aromatic heterocycles. The number of pyridine rings is 1. The molecule has 0 N–H and O–H groups in total. The zero-order valence-electron chi connectivity index (χ0n) is 10.2. The highest BCUT2D eigenvalue weighted by Crippen LogP contribution is 1.97. The van der Waals surface area contributed by atoms with Crippen molar-refractivity contribution in [2.45, 2.75) is 0 Å². The van der Waals surface area contributed by atoms with Crippen molar-refractivity contribution in [3.8, 4) is 0 Å². The Morgan fingerprint density at radius 2 is 1.29 bits per heavy atom. The molecule has 0 unspecified atom stereocenters. The van der Waals surface area contributed by atoms with E-state index in [9.17, 15) is 0 Å². The molecular weight excluding hydrogens is 206 g/mol. The van der Waals surface area contributed by atoms with Gasteiger partial charge in [0.05, 0.1) is 0 Å². The van der Waals surface area contributed by atoms with Gasteiger partial charge in [0, 0.05) is 12.1 Å². The summed E-state index contributed by atoms with van der Waals surface area (Å²) in [5.41, 5.74) is 2.33. The topological polar surface area (TPSA) is 3.88 Å². The molecule has 0 bridgehead atoms. The van der Waals surface area contributed by atoms with Crippen molar-refractivity contribution in [2.75, 3.05) is 0 Å². The number of aromatic nitrogens is 1. The Morgan fingerprint density at radius 3 is 1.71 bits per heavy atom. The van der Waals surface area contributed by atoms with Gasteiger partial charge in [-0.3, -0.25) is 0 Å². The lowest BCUT2D eigenvalue weighted by atomic mass is 10.2. The Kier molecular flexibility index (Phi) is 5.45. The molecule has 1 aromatic carbocycles. The zero-order valence-corrected chi connectivity index (χ0v) is 10.2. The molecule has 0 saturated heterocycles. The van der Waals surface area contributed by atoms with Gasteiger partial charge in [0.15, 0.2) is 12.4 Å². The number of hydrogen-bond donors (Lipinski definition) is 0. The van der Waals surface area contributed by atoms with Crippen LogP contribution in [-0.2, 0) is 7.05 Å². The van der Waals surface area contributed by atoms with Crippen LogP contribution in [0.2, 0.25) is 0 Å². The van der Waals surface area contributed by atoms with Crippen molar-refractivity contribution < 1.29 is 4.57 Å². The summed E-state index contributed by atoms with van der Waals surface area (Å²) < 4.78 is 1.99. The van der Waals surface area contributed by atoms with E-state index in [0.29, 0.717) is 0 Å². The highest BCUT2D eigenvalue weighted by Gasteiger charge is 1.87. The number of rotatable bonds is 2. The quantitative estimate of drug-likeness (QED) is 0.688. The van der Waals surface area contributed by atoms with Crippen LogP contribution in [0.1, 0.15) is 11.1 Å². The van der Waals surface area contributed by atoms with Crippen LogP contribution in [0.25, 0.3) is 12.2 Å². The number of benzene rings is 1. The van der Waals surface area contributed by atoms with Crippen molar-refractivity contribution in [3.63, 3.8) is 0 Å². The molecular formula is C16H18N+. The highest BCUT2D eigenvalue weighted by molar-refractivity contribution is 5.45. The third-order valence-electron chi connectivity index (χ3n) is 2.28. The fourth-order valence-electron chi connectivity index (χ4n) is 1.24. The Morgan fingerprint density at radius 1 is 0.824 bits per heavy atom. The summed E-state index contributed by atoms with van der Waals surface area (Å²) in [5, 5.41) is 0. The maximum atomic E-state index is 3.65. The second-order valence-corrected chi connectivity index (χ2v) is 3.62. The van der Waals surface area contributed by atoms with Gasteiger partial charge in [-0.05, 0) is 11.1 Å². The summed E-state index contributed by atoms with van der Waals surface area (Å²) in [5.74, 6) is 0. The average molecular weight is 224 g/mol. The smallest absolute Gasteiger partial charge is 0.169 e. The predicted molar refractivity (Wildman–Crippen MR) is 74.2 cm³/mol. The monoisotopic (exact) mass is 224 g/mol. The van der Waals surface area contributed by atoms with Crippen molar-refractivity contribution in [1.82, 2.24) is 0 Å². The number of nitrogens with zero attached hydrogens (tertiary/aromatic N) is 1. The van der Waals surface area contributed by atoms with E-state index >= 15 is 0 Å². The van der Waals surface area contributed by atoms with Crippen LogP contribution in [0.3, 0.4) is 0 Å². The highest BCUT2D eigenvalue weighted by atomic mass is 14.9. The molecule has 2 aromatic rings. The summed E-state index contributed by atoms with van der Waals surface area (Å²) in [6, 6.07) is 14.1. The van der Waals surface area contributed by atoms with Crippen molar-refractivity contribution in [1.29, 1.82) is 0 Å². The molecule has 0 radical (unpaired) electrons. The van der Waals surface area contributed by atoms with Gasteiger partial charge in [-0.25, -0.2) is 4.57 Å². The molecule has 0 aliphatic carbocycles. The van der Waals surface area contributed by atoms with Gasteiger partial charge in [0.25, 0.3) is 0 Å². The van der Waals surface area contributed by atoms with Gasteiger partial charge >= 0.3 is 0 Å². The predicted octanol–water partition coefficient (Wildman–Crippen LogP) is 3.48. The van der Waals surface area contributed by atoms with Gasteiger partial charge in [0.1, 0.15) is 7.05 Å². The molecule has 17 heavy (non-hydrogen) atoms. The Bertz CT molecular complexity index is 455. The summed E-state index contributed by atoms with van der Waals surface area (Å²) in [6.07, 6.45) is 7.66. The second-order valence-electron chi connectivity index (χ2n) is 3.62. The Hall–Kier alpha value is -2.15. The summed E-state index contributed by atoms with van der Waals surface area (Å²) in [6.45, 7) is 7.28. The lowest BCUT2D eigenvalue weighted by molar-refractivity contribution is -0.671. The van der Waals surface area contributed by atoms with Crippen molar-refractivity contribution in [2.24, 2.45) is 7.05 Å². The number of hydrogen-bond acceptors (Lipinski definition) is 0. The van der Waals surface area contributed by atoms with Crippen molar-refractivity contribution in [3.05, 3.63) is 79.1 Å². The maximum absolute atomic E-state index is 3.65. The van der Waals surface area contributed by atoms with Gasteiger partial charge in [0.2, 0.25) is 0 Å². The van der Waals surface area contributed by atoms with Crippen LogP contribution >= 0.6 is 0 Å². The van der Waals surface area contributed by atoms with Gasteiger partial charge < -0.3 is 0 Å². The summed E-state index contributed by atoms with van der Waals surface area (Å²) in [4.78, 5) is 0. The first kappa shape index (κ1) is 12.9. The zero-order chi connectivity index (χ0) is 12.5. The van der Waals surface area contributed by atoms with Crippen LogP contribution in [0, 0.1) is 0 Å². The van der Waals surface area contributed by atoms with Gasteiger partial charge in [-0.1, -0.05) is 55.6 Å². The van der Waals surface area contributed by atoms with Crippen LogP contribution in [0.15, 0.2) is 68.0 Å². The van der Waals surface area contributed by atoms with Gasteiger partial charge in [-0.2, -0.15) is 0 Å². The van der Waals surface area contributed by atoms with E-state index in [0.717, 1.165) is 5.56 Å². The van der Waals surface area contributed by atoms with E-state index in [2.05, 4.69) is 13.2 Å². The van der Waals surface area contributed by atoms with E-state index < -0.39 is 0 Å². The van der Waals surface area contributed by atoms with Crippen LogP contribution in [-0.4, -0.2) is 0 Å². The molecule has 0 saturated carbocycles. The third-order valence-corrected chi connectivity index (χ3v) is 2.28. The molecule has 0 amide bonds. The molecule has 1 heterocycles. The second kappa shape index (κ2) is 7.18. The molecule has 0 spiro atoms. The Labute approximate surface area is 103 Å². The SMILES string of the molecule is C=Cc1cc[n+](C)cc1.C=Cc1ccccc1. The maximum Gasteiger partial charge on any atom is 0.169 e. The first-order valence-electron chi connectivity index (χ1n) is 5.51. The number of aryl methyl sites for hydroxylation is 1. The first-order valence-corrected chi connectivity index (χ1v) is 5.51. The first-order chi connectivity index (χ1) is 8.26. The minimum absolute atomic E-state index is 1.16. The van der Waals surface area contributed by atoms with Gasteiger partial charge in [-0.15, -0.1) is 0 Å². The molecule has 0 aliphatic heterocycles. The normalized spacial score (nSPS) is 8.76. The standard InChI is InChI=1S/C8H10N.C8H8/c1-3-8-4-6-9(2)7-5-8;1-2-8-6-4-3-5-7-8/h3-7H,1H2,2H3;2-7H,1H2/q+1;. The van der Waals surface area contributed by atoms with E-state index in [1.807, 2.05) is 78.6 Å². The van der Waals surface area contributed by atoms with Crippen LogP contribution in [0.4, 0.5) is 0 Å². The third kappa shape index (κ3) is 4.94. The van der Waals surface area contributed by atoms with Crippen LogP contribution in [0.5, 0.6) is 0 Å². The summed E-state index contributed by atoms with van der Waals surface area (Å²) in [7, 11) is 1.99. The lowest BCUT2D eigenvalue weighted by Gasteiger charge is -1.86. The molecule has 0 fully saturated rings. The molecule has 0 aliphatic rings. The lowest BCUT2D eigenvalue weighted by Crippen LogP contribution is -2.25. The molecule has 1 heteroatoms. The van der Waals surface area contributed by atoms with E-state index in [1.165, 1.54) is 5.56 Å².